The topological polar surface area (TPSA) is 107 Å². The summed E-state index contributed by atoms with van der Waals surface area (Å²) in [6.45, 7) is 0.583. The van der Waals surface area contributed by atoms with Crippen LogP contribution >= 0.6 is 23.2 Å². The van der Waals surface area contributed by atoms with Crippen molar-refractivity contribution in [3.63, 3.8) is 0 Å². The van der Waals surface area contributed by atoms with Gasteiger partial charge in [-0.05, 0) is 29.8 Å². The lowest BCUT2D eigenvalue weighted by atomic mass is 9.95. The van der Waals surface area contributed by atoms with E-state index in [1.54, 1.807) is 28.9 Å². The van der Waals surface area contributed by atoms with Crippen molar-refractivity contribution in [3.8, 4) is 11.3 Å². The summed E-state index contributed by atoms with van der Waals surface area (Å²) in [5.74, 6) is -1.21. The molecular weight excluding hydrogens is 444 g/mol. The highest BCUT2D eigenvalue weighted by Gasteiger charge is 2.37. The normalized spacial score (nSPS) is 15.6. The Hall–Kier alpha value is -3.10. The second-order valence-corrected chi connectivity index (χ2v) is 8.04. The van der Waals surface area contributed by atoms with E-state index in [1.807, 2.05) is 0 Å². The van der Waals surface area contributed by atoms with Crippen LogP contribution in [0.1, 0.15) is 27.7 Å². The average Bonchev–Trinajstić information content (AvgIpc) is 3.10. The molecule has 3 aromatic rings. The van der Waals surface area contributed by atoms with Gasteiger partial charge in [-0.25, -0.2) is 9.18 Å². The first-order chi connectivity index (χ1) is 14.8. The van der Waals surface area contributed by atoms with Gasteiger partial charge in [-0.1, -0.05) is 41.4 Å². The Balaban J connectivity index is 1.89. The van der Waals surface area contributed by atoms with Crippen LogP contribution in [0.4, 0.5) is 9.18 Å². The van der Waals surface area contributed by atoms with Crippen molar-refractivity contribution in [2.45, 2.75) is 19.0 Å². The number of aromatic nitrogens is 2. The van der Waals surface area contributed by atoms with E-state index in [0.717, 1.165) is 0 Å². The van der Waals surface area contributed by atoms with Gasteiger partial charge in [-0.3, -0.25) is 9.48 Å². The number of rotatable bonds is 4. The van der Waals surface area contributed by atoms with Crippen molar-refractivity contribution in [3.05, 3.63) is 75.1 Å². The van der Waals surface area contributed by atoms with Crippen LogP contribution in [0.15, 0.2) is 42.5 Å². The summed E-state index contributed by atoms with van der Waals surface area (Å²) in [6.07, 6.45) is 0.257. The Bertz CT molecular complexity index is 1200. The summed E-state index contributed by atoms with van der Waals surface area (Å²) in [5.41, 5.74) is 13.3. The molecule has 31 heavy (non-hydrogen) atoms. The molecule has 160 valence electrons. The number of urea groups is 1. The lowest BCUT2D eigenvalue weighted by molar-refractivity contribution is 0.0993. The second kappa shape index (κ2) is 8.20. The minimum Gasteiger partial charge on any atom is -0.365 e. The predicted octanol–water partition coefficient (Wildman–Crippen LogP) is 3.77. The van der Waals surface area contributed by atoms with Gasteiger partial charge in [0.2, 0.25) is 0 Å². The summed E-state index contributed by atoms with van der Waals surface area (Å²) in [4.78, 5) is 26.1. The van der Waals surface area contributed by atoms with E-state index in [1.165, 1.54) is 23.1 Å². The van der Waals surface area contributed by atoms with E-state index in [-0.39, 0.29) is 24.2 Å². The van der Waals surface area contributed by atoms with E-state index < -0.39 is 23.8 Å². The molecule has 1 aliphatic heterocycles. The number of halogens is 3. The quantitative estimate of drug-likeness (QED) is 0.616. The molecule has 1 aliphatic rings. The molecule has 0 fully saturated rings. The monoisotopic (exact) mass is 461 g/mol. The fourth-order valence-electron chi connectivity index (χ4n) is 3.94. The molecule has 0 spiro atoms. The molecule has 0 aliphatic carbocycles. The maximum absolute atomic E-state index is 13.8. The molecule has 3 amide bonds. The zero-order valence-corrected chi connectivity index (χ0v) is 17.7. The van der Waals surface area contributed by atoms with Gasteiger partial charge >= 0.3 is 6.03 Å². The van der Waals surface area contributed by atoms with Gasteiger partial charge in [0.05, 0.1) is 23.8 Å². The molecule has 2 aromatic carbocycles. The Morgan fingerprint density at radius 2 is 1.90 bits per heavy atom. The molecule has 10 heteroatoms. The van der Waals surface area contributed by atoms with Crippen LogP contribution in [-0.2, 0) is 13.0 Å². The number of benzene rings is 2. The number of hydrogen-bond donors (Lipinski definition) is 2. The molecule has 1 aromatic heterocycles. The van der Waals surface area contributed by atoms with Crippen molar-refractivity contribution < 1.29 is 14.0 Å². The number of carbonyl (C=O) groups is 2. The standard InChI is InChI=1S/C21H18Cl2FN5O2/c22-13-5-4-11(15(23)10-13)9-16-19-17(20(25)30)18(12-2-1-3-14(24)8-12)27-29(19)7-6-28(16)21(26)31/h1-5,8,10,16H,6-7,9H2,(H2,25,30)(H2,26,31). The largest absolute Gasteiger partial charge is 0.365 e. The summed E-state index contributed by atoms with van der Waals surface area (Å²) in [7, 11) is 0. The van der Waals surface area contributed by atoms with E-state index in [2.05, 4.69) is 5.10 Å². The van der Waals surface area contributed by atoms with Gasteiger partial charge in [0.15, 0.2) is 0 Å². The van der Waals surface area contributed by atoms with Crippen LogP contribution < -0.4 is 11.5 Å². The fraction of sp³-hybridized carbons (Fsp3) is 0.190. The Morgan fingerprint density at radius 1 is 1.13 bits per heavy atom. The number of carbonyl (C=O) groups excluding carboxylic acids is 2. The third kappa shape index (κ3) is 3.96. The van der Waals surface area contributed by atoms with Crippen LogP contribution in [0.2, 0.25) is 10.0 Å². The Morgan fingerprint density at radius 3 is 2.55 bits per heavy atom. The molecule has 0 radical (unpaired) electrons. The first-order valence-corrected chi connectivity index (χ1v) is 10.2. The molecule has 0 bridgehead atoms. The lowest BCUT2D eigenvalue weighted by Gasteiger charge is -2.35. The number of fused-ring (bicyclic) bond motifs is 1. The van der Waals surface area contributed by atoms with Crippen LogP contribution in [0.5, 0.6) is 0 Å². The maximum atomic E-state index is 13.8. The lowest BCUT2D eigenvalue weighted by Crippen LogP contribution is -2.46. The Kier molecular flexibility index (Phi) is 5.60. The zero-order valence-electron chi connectivity index (χ0n) is 16.2. The summed E-state index contributed by atoms with van der Waals surface area (Å²) in [5, 5.41) is 5.41. The van der Waals surface area contributed by atoms with Crippen LogP contribution in [0, 0.1) is 5.82 Å². The minimum absolute atomic E-state index is 0.117. The second-order valence-electron chi connectivity index (χ2n) is 7.19. The highest BCUT2D eigenvalue weighted by molar-refractivity contribution is 6.35. The first kappa shape index (κ1) is 21.1. The SMILES string of the molecule is NC(=O)c1c(-c2cccc(F)c2)nn2c1C(Cc1ccc(Cl)cc1Cl)N(C(N)=O)CC2. The van der Waals surface area contributed by atoms with Crippen LogP contribution in [0.25, 0.3) is 11.3 Å². The van der Waals surface area contributed by atoms with Crippen molar-refractivity contribution >= 4 is 35.1 Å². The molecule has 1 atom stereocenters. The highest BCUT2D eigenvalue weighted by Crippen LogP contribution is 2.37. The van der Waals surface area contributed by atoms with Crippen LogP contribution in [-0.4, -0.2) is 33.2 Å². The van der Waals surface area contributed by atoms with Gasteiger partial charge in [-0.2, -0.15) is 5.10 Å². The molecule has 2 heterocycles. The molecular formula is C21H18Cl2FN5O2. The number of nitrogens with zero attached hydrogens (tertiary/aromatic N) is 3. The minimum atomic E-state index is -0.737. The summed E-state index contributed by atoms with van der Waals surface area (Å²) < 4.78 is 15.5. The van der Waals surface area contributed by atoms with E-state index in [9.17, 15) is 14.0 Å². The van der Waals surface area contributed by atoms with Crippen molar-refractivity contribution in [2.24, 2.45) is 11.5 Å². The van der Waals surface area contributed by atoms with Gasteiger partial charge in [0.25, 0.3) is 5.91 Å². The molecule has 0 saturated carbocycles. The van der Waals surface area contributed by atoms with Gasteiger partial charge in [0, 0.05) is 28.6 Å². The van der Waals surface area contributed by atoms with E-state index >= 15 is 0 Å². The smallest absolute Gasteiger partial charge is 0.315 e. The molecule has 1 unspecified atom stereocenters. The Labute approximate surface area is 187 Å². The summed E-state index contributed by atoms with van der Waals surface area (Å²) >= 11 is 12.3. The summed E-state index contributed by atoms with van der Waals surface area (Å²) in [6, 6.07) is 9.46. The number of nitrogens with two attached hydrogens (primary N) is 2. The van der Waals surface area contributed by atoms with E-state index in [0.29, 0.717) is 33.4 Å². The number of primary amides is 2. The third-order valence-corrected chi connectivity index (χ3v) is 5.88. The average molecular weight is 462 g/mol. The molecule has 7 nitrogen and oxygen atoms in total. The van der Waals surface area contributed by atoms with Gasteiger partial charge in [0.1, 0.15) is 11.5 Å². The highest BCUT2D eigenvalue weighted by atomic mass is 35.5. The third-order valence-electron chi connectivity index (χ3n) is 5.29. The van der Waals surface area contributed by atoms with Gasteiger partial charge < -0.3 is 16.4 Å². The van der Waals surface area contributed by atoms with Crippen molar-refractivity contribution in [1.82, 2.24) is 14.7 Å². The predicted molar refractivity (Wildman–Crippen MR) is 115 cm³/mol. The van der Waals surface area contributed by atoms with Crippen LogP contribution in [0.3, 0.4) is 0 Å². The van der Waals surface area contributed by atoms with Crippen molar-refractivity contribution in [1.29, 1.82) is 0 Å². The molecule has 4 rings (SSSR count). The number of amides is 3. The molecule has 0 saturated heterocycles. The maximum Gasteiger partial charge on any atom is 0.315 e. The fourth-order valence-corrected chi connectivity index (χ4v) is 4.42. The first-order valence-electron chi connectivity index (χ1n) is 9.42. The number of hydrogen-bond acceptors (Lipinski definition) is 3. The molecule has 4 N–H and O–H groups in total. The van der Waals surface area contributed by atoms with Crippen molar-refractivity contribution in [2.75, 3.05) is 6.54 Å². The van der Waals surface area contributed by atoms with E-state index in [4.69, 9.17) is 34.7 Å². The zero-order chi connectivity index (χ0) is 22.3. The van der Waals surface area contributed by atoms with Gasteiger partial charge in [-0.15, -0.1) is 0 Å².